The summed E-state index contributed by atoms with van der Waals surface area (Å²) in [6.07, 6.45) is 0.208. The zero-order valence-electron chi connectivity index (χ0n) is 20.4. The zero-order chi connectivity index (χ0) is 27.2. The van der Waals surface area contributed by atoms with E-state index in [1.165, 1.54) is 34.6 Å². The highest BCUT2D eigenvalue weighted by molar-refractivity contribution is 7.89. The molecule has 0 spiro atoms. The molecule has 2 aromatic carbocycles. The van der Waals surface area contributed by atoms with Gasteiger partial charge < -0.3 is 9.64 Å². The van der Waals surface area contributed by atoms with E-state index in [-0.39, 0.29) is 35.5 Å². The smallest absolute Gasteiger partial charge is 0.269 e. The number of hydrogen-bond donors (Lipinski definition) is 0. The van der Waals surface area contributed by atoms with E-state index >= 15 is 0 Å². The van der Waals surface area contributed by atoms with Crippen LogP contribution in [0.4, 0.5) is 17.3 Å². The molecule has 198 valence electrons. The Bertz CT molecular complexity index is 1500. The molecule has 2 atom stereocenters. The van der Waals surface area contributed by atoms with Gasteiger partial charge in [0.1, 0.15) is 18.0 Å². The Morgan fingerprint density at radius 1 is 1.18 bits per heavy atom. The van der Waals surface area contributed by atoms with E-state index in [1.54, 1.807) is 19.2 Å². The Kier molecular flexibility index (Phi) is 6.77. The van der Waals surface area contributed by atoms with Gasteiger partial charge in [0, 0.05) is 44.2 Å². The van der Waals surface area contributed by atoms with E-state index in [1.807, 2.05) is 17.0 Å². The number of non-ortho nitro benzene ring substituents is 1. The summed E-state index contributed by atoms with van der Waals surface area (Å²) < 4.78 is 35.0. The number of halogens is 1. The van der Waals surface area contributed by atoms with Gasteiger partial charge in [-0.2, -0.15) is 4.31 Å². The number of nitro benzene ring substituents is 1. The second-order valence-electron chi connectivity index (χ2n) is 8.97. The fourth-order valence-corrected chi connectivity index (χ4v) is 6.49. The predicted octanol–water partition coefficient (Wildman–Crippen LogP) is 3.13. The second-order valence-corrected chi connectivity index (χ2v) is 11.3. The van der Waals surface area contributed by atoms with Gasteiger partial charge in [0.25, 0.3) is 5.69 Å². The number of carbonyl (C=O) groups is 1. The van der Waals surface area contributed by atoms with Gasteiger partial charge in [0.15, 0.2) is 6.23 Å². The van der Waals surface area contributed by atoms with Crippen LogP contribution in [-0.4, -0.2) is 59.8 Å². The largest absolute Gasteiger partial charge is 0.356 e. The number of aromatic nitrogens is 2. The Balaban J connectivity index is 1.60. The van der Waals surface area contributed by atoms with E-state index in [0.29, 0.717) is 22.9 Å². The SMILES string of the molecule is CC(=O)N1C[C@H]2CO[C@@H](c3c(N(C)Cc4ccc(Cl)cc4)ncnc31)N2S(=O)(=O)c1ccc([N+](=O)[O-])cc1. The van der Waals surface area contributed by atoms with Crippen molar-refractivity contribution in [2.75, 3.05) is 30.0 Å². The number of nitro groups is 1. The van der Waals surface area contributed by atoms with Crippen molar-refractivity contribution < 1.29 is 22.9 Å². The Labute approximate surface area is 223 Å². The first-order chi connectivity index (χ1) is 18.1. The molecule has 3 heterocycles. The monoisotopic (exact) mass is 558 g/mol. The van der Waals surface area contributed by atoms with Crippen molar-refractivity contribution in [2.45, 2.75) is 30.6 Å². The molecule has 2 aliphatic heterocycles. The molecule has 5 rings (SSSR count). The average Bonchev–Trinajstić information content (AvgIpc) is 3.25. The first-order valence-corrected chi connectivity index (χ1v) is 13.4. The second kappa shape index (κ2) is 9.91. The lowest BCUT2D eigenvalue weighted by Gasteiger charge is -2.28. The molecule has 2 aliphatic rings. The predicted molar refractivity (Wildman–Crippen MR) is 138 cm³/mol. The van der Waals surface area contributed by atoms with Crippen molar-refractivity contribution in [3.63, 3.8) is 0 Å². The van der Waals surface area contributed by atoms with Crippen LogP contribution in [0.3, 0.4) is 0 Å². The number of benzene rings is 2. The van der Waals surface area contributed by atoms with Crippen molar-refractivity contribution in [1.29, 1.82) is 0 Å². The Hall–Kier alpha value is -3.65. The molecule has 1 aromatic heterocycles. The number of fused-ring (bicyclic) bond motifs is 4. The number of nitrogens with zero attached hydrogens (tertiary/aromatic N) is 6. The number of hydrogen-bond acceptors (Lipinski definition) is 9. The van der Waals surface area contributed by atoms with E-state index in [4.69, 9.17) is 16.3 Å². The van der Waals surface area contributed by atoms with Gasteiger partial charge in [-0.05, 0) is 29.8 Å². The lowest BCUT2D eigenvalue weighted by Crippen LogP contribution is -2.44. The summed E-state index contributed by atoms with van der Waals surface area (Å²) in [4.78, 5) is 35.1. The molecular weight excluding hydrogens is 536 g/mol. The molecule has 0 N–H and O–H groups in total. The van der Waals surface area contributed by atoms with Crippen molar-refractivity contribution >= 4 is 44.9 Å². The molecule has 3 aromatic rings. The van der Waals surface area contributed by atoms with Gasteiger partial charge in [-0.3, -0.25) is 19.8 Å². The molecule has 2 bridgehead atoms. The Morgan fingerprint density at radius 3 is 2.50 bits per heavy atom. The first-order valence-electron chi connectivity index (χ1n) is 11.6. The number of ether oxygens (including phenoxy) is 1. The molecular formula is C24H23ClN6O6S. The summed E-state index contributed by atoms with van der Waals surface area (Å²) in [5.41, 5.74) is 1.04. The molecule has 14 heteroatoms. The minimum absolute atomic E-state index is 0.0163. The van der Waals surface area contributed by atoms with Crippen LogP contribution in [0.25, 0.3) is 0 Å². The van der Waals surface area contributed by atoms with Gasteiger partial charge in [-0.15, -0.1) is 0 Å². The van der Waals surface area contributed by atoms with Crippen molar-refractivity contribution in [2.24, 2.45) is 0 Å². The summed E-state index contributed by atoms with van der Waals surface area (Å²) in [5.74, 6) is 0.352. The van der Waals surface area contributed by atoms with Crippen LogP contribution < -0.4 is 9.80 Å². The standard InChI is InChI=1S/C24H23ClN6O6S/c1-15(32)29-12-19-13-37-24(30(19)38(35,36)20-9-7-18(8-10-20)31(33)34)21-22(26-14-27-23(21)29)28(2)11-16-3-5-17(25)6-4-16/h3-10,14,19,24H,11-13H2,1-2H3/t19-,24-/m0/s1. The summed E-state index contributed by atoms with van der Waals surface area (Å²) >= 11 is 6.02. The topological polar surface area (TPSA) is 139 Å². The van der Waals surface area contributed by atoms with E-state index in [0.717, 1.165) is 17.7 Å². The molecule has 38 heavy (non-hydrogen) atoms. The van der Waals surface area contributed by atoms with Crippen molar-refractivity contribution in [1.82, 2.24) is 14.3 Å². The molecule has 1 saturated heterocycles. The zero-order valence-corrected chi connectivity index (χ0v) is 22.0. The molecule has 1 amide bonds. The van der Waals surface area contributed by atoms with Crippen molar-refractivity contribution in [3.8, 4) is 0 Å². The van der Waals surface area contributed by atoms with Crippen LogP contribution in [-0.2, 0) is 26.1 Å². The number of anilines is 2. The van der Waals surface area contributed by atoms with Crippen LogP contribution >= 0.6 is 11.6 Å². The van der Waals surface area contributed by atoms with Crippen LogP contribution in [0.15, 0.2) is 59.8 Å². The number of carbonyl (C=O) groups excluding carboxylic acids is 1. The summed E-state index contributed by atoms with van der Waals surface area (Å²) in [6.45, 7) is 1.85. The van der Waals surface area contributed by atoms with Gasteiger partial charge >= 0.3 is 0 Å². The summed E-state index contributed by atoms with van der Waals surface area (Å²) in [6, 6.07) is 11.2. The first kappa shape index (κ1) is 26.0. The number of amides is 1. The minimum Gasteiger partial charge on any atom is -0.356 e. The van der Waals surface area contributed by atoms with E-state index in [9.17, 15) is 23.3 Å². The molecule has 0 unspecified atom stereocenters. The highest BCUT2D eigenvalue weighted by Crippen LogP contribution is 2.45. The molecule has 0 radical (unpaired) electrons. The van der Waals surface area contributed by atoms with Crippen LogP contribution in [0.5, 0.6) is 0 Å². The summed E-state index contributed by atoms with van der Waals surface area (Å²) in [7, 11) is -2.41. The normalized spacial score (nSPS) is 19.1. The van der Waals surface area contributed by atoms with Gasteiger partial charge in [-0.1, -0.05) is 23.7 Å². The third kappa shape index (κ3) is 4.58. The van der Waals surface area contributed by atoms with E-state index < -0.39 is 27.2 Å². The molecule has 0 aliphatic carbocycles. The van der Waals surface area contributed by atoms with Crippen LogP contribution in [0.2, 0.25) is 5.02 Å². The number of rotatable bonds is 6. The maximum Gasteiger partial charge on any atom is 0.269 e. The van der Waals surface area contributed by atoms with Crippen molar-refractivity contribution in [3.05, 3.63) is 81.1 Å². The summed E-state index contributed by atoms with van der Waals surface area (Å²) in [5, 5.41) is 11.7. The van der Waals surface area contributed by atoms with Gasteiger partial charge in [0.2, 0.25) is 15.9 Å². The molecule has 12 nitrogen and oxygen atoms in total. The van der Waals surface area contributed by atoms with Crippen LogP contribution in [0.1, 0.15) is 24.3 Å². The fraction of sp³-hybridized carbons (Fsp3) is 0.292. The average molecular weight is 559 g/mol. The molecule has 1 fully saturated rings. The maximum absolute atomic E-state index is 13.9. The number of sulfonamides is 1. The third-order valence-corrected chi connectivity index (χ3v) is 8.64. The fourth-order valence-electron chi connectivity index (χ4n) is 4.70. The third-order valence-electron chi connectivity index (χ3n) is 6.47. The van der Waals surface area contributed by atoms with Gasteiger partial charge in [-0.25, -0.2) is 18.4 Å². The highest BCUT2D eigenvalue weighted by Gasteiger charge is 2.50. The van der Waals surface area contributed by atoms with E-state index in [2.05, 4.69) is 9.97 Å². The quantitative estimate of drug-likeness (QED) is 0.329. The van der Waals surface area contributed by atoms with Crippen LogP contribution in [0, 0.1) is 10.1 Å². The maximum atomic E-state index is 13.9. The lowest BCUT2D eigenvalue weighted by molar-refractivity contribution is -0.384. The molecule has 0 saturated carbocycles. The highest BCUT2D eigenvalue weighted by atomic mass is 35.5. The minimum atomic E-state index is -4.20. The Morgan fingerprint density at radius 2 is 1.87 bits per heavy atom. The van der Waals surface area contributed by atoms with Gasteiger partial charge in [0.05, 0.1) is 28.0 Å². The lowest BCUT2D eigenvalue weighted by atomic mass is 10.2.